The van der Waals surface area contributed by atoms with Crippen LogP contribution in [0.25, 0.3) is 0 Å². The molecule has 1 amide bonds. The minimum Gasteiger partial charge on any atom is -0.465 e. The first-order chi connectivity index (χ1) is 14.2. The summed E-state index contributed by atoms with van der Waals surface area (Å²) < 4.78 is 5.84. The molecule has 1 aliphatic rings. The quantitative estimate of drug-likeness (QED) is 0.596. The molecule has 4 nitrogen and oxygen atoms in total. The van der Waals surface area contributed by atoms with Gasteiger partial charge in [-0.2, -0.15) is 0 Å². The predicted octanol–water partition coefficient (Wildman–Crippen LogP) is 5.25. The van der Waals surface area contributed by atoms with Crippen LogP contribution in [0.15, 0.2) is 40.8 Å². The van der Waals surface area contributed by atoms with Crippen LogP contribution in [0.5, 0.6) is 0 Å². The number of amides is 1. The maximum Gasteiger partial charge on any atom is 0.225 e. The summed E-state index contributed by atoms with van der Waals surface area (Å²) in [5.41, 5.74) is 2.76. The summed E-state index contributed by atoms with van der Waals surface area (Å²) in [6.07, 6.45) is 0. The third-order valence-electron chi connectivity index (χ3n) is 6.13. The molecule has 2 aromatic rings. The molecule has 2 atom stereocenters. The van der Waals surface area contributed by atoms with Gasteiger partial charge in [-0.15, -0.1) is 0 Å². The Kier molecular flexibility index (Phi) is 7.41. The van der Waals surface area contributed by atoms with Crippen LogP contribution in [0.4, 0.5) is 0 Å². The molecule has 1 aliphatic heterocycles. The Morgan fingerprint density at radius 2 is 1.83 bits per heavy atom. The summed E-state index contributed by atoms with van der Waals surface area (Å²) in [6.45, 7) is 17.1. The van der Waals surface area contributed by atoms with Gasteiger partial charge in [-0.3, -0.25) is 9.69 Å². The SMILES string of the molecule is Cc1ccc(CN2CC(CN(CC(C)C)C(=O)C(C)C)C(c3ccccc3C)C2)o1. The molecule has 0 spiro atoms. The van der Waals surface area contributed by atoms with Crippen LogP contribution in [0.3, 0.4) is 0 Å². The maximum atomic E-state index is 12.9. The van der Waals surface area contributed by atoms with Crippen LogP contribution in [0.2, 0.25) is 0 Å². The molecule has 0 bridgehead atoms. The molecule has 1 aromatic carbocycles. The Hall–Kier alpha value is -2.07. The van der Waals surface area contributed by atoms with Gasteiger partial charge in [0.05, 0.1) is 6.54 Å². The number of likely N-dealkylation sites (tertiary alicyclic amines) is 1. The number of nitrogens with zero attached hydrogens (tertiary/aromatic N) is 2. The van der Waals surface area contributed by atoms with E-state index in [-0.39, 0.29) is 11.8 Å². The third-order valence-corrected chi connectivity index (χ3v) is 6.13. The van der Waals surface area contributed by atoms with Gasteiger partial charge >= 0.3 is 0 Å². The monoisotopic (exact) mass is 410 g/mol. The second-order valence-corrected chi connectivity index (χ2v) is 9.72. The molecule has 1 fully saturated rings. The van der Waals surface area contributed by atoms with E-state index in [1.54, 1.807) is 0 Å². The molecule has 0 radical (unpaired) electrons. The molecule has 1 saturated heterocycles. The standard InChI is InChI=1S/C26H38N2O2/c1-18(2)13-28(26(29)19(3)4)15-22-14-27(16-23-12-11-21(6)30-23)17-25(22)24-10-8-7-9-20(24)5/h7-12,18-19,22,25H,13-17H2,1-6H3. The lowest BCUT2D eigenvalue weighted by atomic mass is 9.86. The number of furan rings is 1. The average molecular weight is 411 g/mol. The highest BCUT2D eigenvalue weighted by molar-refractivity contribution is 5.78. The highest BCUT2D eigenvalue weighted by Gasteiger charge is 2.37. The zero-order valence-electron chi connectivity index (χ0n) is 19.5. The first kappa shape index (κ1) is 22.6. The first-order valence-corrected chi connectivity index (χ1v) is 11.4. The molecule has 164 valence electrons. The summed E-state index contributed by atoms with van der Waals surface area (Å²) in [5.74, 6) is 3.60. The molecule has 0 saturated carbocycles. The summed E-state index contributed by atoms with van der Waals surface area (Å²) >= 11 is 0. The van der Waals surface area contributed by atoms with Crippen molar-refractivity contribution in [1.29, 1.82) is 0 Å². The summed E-state index contributed by atoms with van der Waals surface area (Å²) in [6, 6.07) is 12.8. The first-order valence-electron chi connectivity index (χ1n) is 11.4. The van der Waals surface area contributed by atoms with Crippen molar-refractivity contribution in [1.82, 2.24) is 9.80 Å². The molecule has 1 aromatic heterocycles. The second kappa shape index (κ2) is 9.82. The van der Waals surface area contributed by atoms with Gasteiger partial charge in [0, 0.05) is 38.0 Å². The topological polar surface area (TPSA) is 36.7 Å². The fourth-order valence-corrected chi connectivity index (χ4v) is 4.76. The van der Waals surface area contributed by atoms with Crippen LogP contribution >= 0.6 is 0 Å². The lowest BCUT2D eigenvalue weighted by molar-refractivity contribution is -0.135. The van der Waals surface area contributed by atoms with Gasteiger partial charge in [0.1, 0.15) is 11.5 Å². The minimum absolute atomic E-state index is 0.0317. The van der Waals surface area contributed by atoms with Gasteiger partial charge in [0.15, 0.2) is 0 Å². The zero-order chi connectivity index (χ0) is 21.8. The molecule has 30 heavy (non-hydrogen) atoms. The Bertz CT molecular complexity index is 839. The van der Waals surface area contributed by atoms with Gasteiger partial charge in [-0.1, -0.05) is 52.0 Å². The number of hydrogen-bond acceptors (Lipinski definition) is 3. The van der Waals surface area contributed by atoms with Crippen molar-refractivity contribution >= 4 is 5.91 Å². The minimum atomic E-state index is 0.0317. The summed E-state index contributed by atoms with van der Waals surface area (Å²) in [7, 11) is 0. The smallest absolute Gasteiger partial charge is 0.225 e. The summed E-state index contributed by atoms with van der Waals surface area (Å²) in [5, 5.41) is 0. The Morgan fingerprint density at radius 1 is 1.10 bits per heavy atom. The van der Waals surface area contributed by atoms with E-state index < -0.39 is 0 Å². The number of hydrogen-bond donors (Lipinski definition) is 0. The van der Waals surface area contributed by atoms with Crippen molar-refractivity contribution in [3.63, 3.8) is 0 Å². The fraction of sp³-hybridized carbons (Fsp3) is 0.577. The Labute approximate surface area is 182 Å². The number of carbonyl (C=O) groups excluding carboxylic acids is 1. The van der Waals surface area contributed by atoms with Crippen LogP contribution in [0.1, 0.15) is 56.3 Å². The van der Waals surface area contributed by atoms with Crippen molar-refractivity contribution < 1.29 is 9.21 Å². The van der Waals surface area contributed by atoms with Crippen molar-refractivity contribution in [3.8, 4) is 0 Å². The molecule has 2 unspecified atom stereocenters. The molecule has 3 rings (SSSR count). The van der Waals surface area contributed by atoms with E-state index in [2.05, 4.69) is 60.9 Å². The molecular weight excluding hydrogens is 372 g/mol. The van der Waals surface area contributed by atoms with Crippen molar-refractivity contribution in [3.05, 3.63) is 59.0 Å². The second-order valence-electron chi connectivity index (χ2n) is 9.72. The van der Waals surface area contributed by atoms with E-state index >= 15 is 0 Å². The summed E-state index contributed by atoms with van der Waals surface area (Å²) in [4.78, 5) is 17.6. The van der Waals surface area contributed by atoms with Crippen LogP contribution in [-0.2, 0) is 11.3 Å². The average Bonchev–Trinajstić information content (AvgIpc) is 3.26. The van der Waals surface area contributed by atoms with Crippen LogP contribution in [0, 0.1) is 31.6 Å². The van der Waals surface area contributed by atoms with Gasteiger partial charge in [0.25, 0.3) is 0 Å². The zero-order valence-corrected chi connectivity index (χ0v) is 19.5. The Balaban J connectivity index is 1.83. The van der Waals surface area contributed by atoms with Gasteiger partial charge < -0.3 is 9.32 Å². The molecule has 4 heteroatoms. The van der Waals surface area contributed by atoms with Crippen LogP contribution < -0.4 is 0 Å². The third kappa shape index (κ3) is 5.54. The van der Waals surface area contributed by atoms with Crippen LogP contribution in [-0.4, -0.2) is 41.9 Å². The van der Waals surface area contributed by atoms with Gasteiger partial charge in [0.2, 0.25) is 5.91 Å². The maximum absolute atomic E-state index is 12.9. The molecule has 2 heterocycles. The van der Waals surface area contributed by atoms with E-state index in [4.69, 9.17) is 4.42 Å². The number of aryl methyl sites for hydroxylation is 2. The highest BCUT2D eigenvalue weighted by atomic mass is 16.3. The fourth-order valence-electron chi connectivity index (χ4n) is 4.76. The normalized spacial score (nSPS) is 19.7. The highest BCUT2D eigenvalue weighted by Crippen LogP contribution is 2.36. The number of carbonyl (C=O) groups is 1. The van der Waals surface area contributed by atoms with E-state index in [0.29, 0.717) is 17.8 Å². The van der Waals surface area contributed by atoms with E-state index in [9.17, 15) is 4.79 Å². The molecule has 0 aliphatic carbocycles. The number of benzene rings is 1. The van der Waals surface area contributed by atoms with E-state index in [1.165, 1.54) is 11.1 Å². The van der Waals surface area contributed by atoms with Crippen molar-refractivity contribution in [2.24, 2.45) is 17.8 Å². The molecular formula is C26H38N2O2. The van der Waals surface area contributed by atoms with Crippen molar-refractivity contribution in [2.45, 2.75) is 54.0 Å². The lowest BCUT2D eigenvalue weighted by Gasteiger charge is -2.31. The van der Waals surface area contributed by atoms with E-state index in [1.807, 2.05) is 26.8 Å². The largest absolute Gasteiger partial charge is 0.465 e. The molecule has 0 N–H and O–H groups in total. The van der Waals surface area contributed by atoms with Crippen molar-refractivity contribution in [2.75, 3.05) is 26.2 Å². The lowest BCUT2D eigenvalue weighted by Crippen LogP contribution is -2.41. The van der Waals surface area contributed by atoms with E-state index in [0.717, 1.165) is 44.2 Å². The Morgan fingerprint density at radius 3 is 2.43 bits per heavy atom. The van der Waals surface area contributed by atoms with Gasteiger partial charge in [-0.05, 0) is 48.9 Å². The van der Waals surface area contributed by atoms with Gasteiger partial charge in [-0.25, -0.2) is 0 Å². The number of rotatable bonds is 8. The predicted molar refractivity (Wildman–Crippen MR) is 122 cm³/mol.